The van der Waals surface area contributed by atoms with Crippen molar-refractivity contribution in [1.82, 2.24) is 15.3 Å². The zero-order valence-corrected chi connectivity index (χ0v) is 20.0. The van der Waals surface area contributed by atoms with Crippen LogP contribution in [-0.4, -0.2) is 29.6 Å². The third kappa shape index (κ3) is 4.98. The number of nitrogens with zero attached hydrogens (tertiary/aromatic N) is 3. The second-order valence-electron chi connectivity index (χ2n) is 9.17. The van der Waals surface area contributed by atoms with Gasteiger partial charge in [0.25, 0.3) is 0 Å². The van der Waals surface area contributed by atoms with Gasteiger partial charge in [0, 0.05) is 17.5 Å². The maximum atomic E-state index is 14.5. The molecule has 37 heavy (non-hydrogen) atoms. The van der Waals surface area contributed by atoms with Gasteiger partial charge in [-0.15, -0.1) is 0 Å². The third-order valence-corrected chi connectivity index (χ3v) is 6.64. The van der Waals surface area contributed by atoms with Crippen LogP contribution in [-0.2, 0) is 6.18 Å². The highest BCUT2D eigenvalue weighted by Crippen LogP contribution is 2.40. The van der Waals surface area contributed by atoms with Crippen molar-refractivity contribution in [2.45, 2.75) is 19.5 Å². The number of benzene rings is 3. The number of anilines is 1. The van der Waals surface area contributed by atoms with Crippen LogP contribution in [0, 0.1) is 30.0 Å². The van der Waals surface area contributed by atoms with E-state index in [-0.39, 0.29) is 16.7 Å². The van der Waals surface area contributed by atoms with E-state index in [1.807, 2.05) is 0 Å². The average Bonchev–Trinajstić information content (AvgIpc) is 3.39. The number of fused-ring (bicyclic) bond motifs is 1. The van der Waals surface area contributed by atoms with Gasteiger partial charge >= 0.3 is 6.18 Å². The Kier molecular flexibility index (Phi) is 6.52. The average molecular weight is 506 g/mol. The summed E-state index contributed by atoms with van der Waals surface area (Å²) < 4.78 is 56.3. The third-order valence-electron chi connectivity index (χ3n) is 6.64. The summed E-state index contributed by atoms with van der Waals surface area (Å²) in [6, 6.07) is 15.3. The minimum atomic E-state index is -4.53. The molecule has 1 aromatic heterocycles. The Hall–Kier alpha value is -4.03. The first-order chi connectivity index (χ1) is 17.7. The van der Waals surface area contributed by atoms with E-state index in [0.717, 1.165) is 19.5 Å². The van der Waals surface area contributed by atoms with Gasteiger partial charge in [-0.2, -0.15) is 18.4 Å². The van der Waals surface area contributed by atoms with E-state index in [1.54, 1.807) is 36.4 Å². The van der Waals surface area contributed by atoms with Crippen LogP contribution in [0.15, 0.2) is 54.6 Å². The molecule has 5 nitrogen and oxygen atoms in total. The highest BCUT2D eigenvalue weighted by Gasteiger charge is 2.35. The van der Waals surface area contributed by atoms with Gasteiger partial charge in [-0.1, -0.05) is 30.3 Å². The van der Waals surface area contributed by atoms with Crippen molar-refractivity contribution in [2.24, 2.45) is 5.92 Å². The molecular formula is C28H23F4N5. The summed E-state index contributed by atoms with van der Waals surface area (Å²) in [4.78, 5) is 9.23. The largest absolute Gasteiger partial charge is 0.417 e. The zero-order valence-electron chi connectivity index (χ0n) is 20.0. The maximum absolute atomic E-state index is 14.5. The molecule has 9 heteroatoms. The molecular weight excluding hydrogens is 482 g/mol. The number of hydrogen-bond donors (Lipinski definition) is 2. The topological polar surface area (TPSA) is 73.6 Å². The first-order valence-corrected chi connectivity index (χ1v) is 11.9. The Balaban J connectivity index is 1.67. The van der Waals surface area contributed by atoms with E-state index in [0.29, 0.717) is 46.1 Å². The van der Waals surface area contributed by atoms with Crippen LogP contribution in [0.25, 0.3) is 33.3 Å². The first-order valence-electron chi connectivity index (χ1n) is 11.9. The molecule has 0 bridgehead atoms. The Morgan fingerprint density at radius 3 is 2.59 bits per heavy atom. The summed E-state index contributed by atoms with van der Waals surface area (Å²) in [6.45, 7) is 3.91. The molecule has 4 aromatic rings. The van der Waals surface area contributed by atoms with E-state index < -0.39 is 17.6 Å². The summed E-state index contributed by atoms with van der Waals surface area (Å²) in [5.74, 6) is 0.0607. The normalized spacial score (nSPS) is 15.6. The molecule has 1 atom stereocenters. The van der Waals surface area contributed by atoms with E-state index in [2.05, 4.69) is 20.6 Å². The standard InChI is InChI=1S/C28H23F4N5/c1-16-3-2-4-21(25(16)28(30,31)32)18-7-8-24-22(11-18)26(19-5-6-20(13-33)23(29)12-19)37-27(36-24)35-15-17-9-10-34-14-17/h2-8,11-12,17,34H,9-10,14-15H2,1H3,(H,35,36,37)/t17-/m0/s1. The minimum Gasteiger partial charge on any atom is -0.354 e. The molecule has 1 fully saturated rings. The van der Waals surface area contributed by atoms with Gasteiger partial charge in [-0.05, 0) is 73.3 Å². The van der Waals surface area contributed by atoms with E-state index >= 15 is 0 Å². The lowest BCUT2D eigenvalue weighted by Crippen LogP contribution is -2.18. The van der Waals surface area contributed by atoms with Crippen molar-refractivity contribution in [2.75, 3.05) is 25.0 Å². The number of alkyl halides is 3. The lowest BCUT2D eigenvalue weighted by molar-refractivity contribution is -0.137. The Labute approximate surface area is 211 Å². The van der Waals surface area contributed by atoms with E-state index in [4.69, 9.17) is 5.26 Å². The fourth-order valence-electron chi connectivity index (χ4n) is 4.76. The summed E-state index contributed by atoms with van der Waals surface area (Å²) in [5, 5.41) is 16.2. The smallest absolute Gasteiger partial charge is 0.354 e. The van der Waals surface area contributed by atoms with Crippen LogP contribution in [0.3, 0.4) is 0 Å². The van der Waals surface area contributed by atoms with Crippen LogP contribution in [0.5, 0.6) is 0 Å². The summed E-state index contributed by atoms with van der Waals surface area (Å²) in [5.41, 5.74) is 0.968. The molecule has 0 unspecified atom stereocenters. The predicted octanol–water partition coefficient (Wildman–Crippen LogP) is 6.32. The van der Waals surface area contributed by atoms with Gasteiger partial charge in [0.1, 0.15) is 11.9 Å². The van der Waals surface area contributed by atoms with Gasteiger partial charge in [0.2, 0.25) is 5.95 Å². The van der Waals surface area contributed by atoms with Crippen molar-refractivity contribution >= 4 is 16.9 Å². The summed E-state index contributed by atoms with van der Waals surface area (Å²) >= 11 is 0. The maximum Gasteiger partial charge on any atom is 0.417 e. The highest BCUT2D eigenvalue weighted by atomic mass is 19.4. The number of rotatable bonds is 5. The van der Waals surface area contributed by atoms with Gasteiger partial charge in [-0.3, -0.25) is 0 Å². The molecule has 0 spiro atoms. The van der Waals surface area contributed by atoms with Crippen LogP contribution in [0.2, 0.25) is 0 Å². The lowest BCUT2D eigenvalue weighted by Gasteiger charge is -2.17. The van der Waals surface area contributed by atoms with Crippen LogP contribution < -0.4 is 10.6 Å². The molecule has 0 radical (unpaired) electrons. The summed E-state index contributed by atoms with van der Waals surface area (Å²) in [6.07, 6.45) is -3.51. The molecule has 5 rings (SSSR count). The number of aromatic nitrogens is 2. The molecule has 0 aliphatic carbocycles. The molecule has 0 saturated carbocycles. The Morgan fingerprint density at radius 1 is 1.08 bits per heavy atom. The minimum absolute atomic E-state index is 0.0438. The number of hydrogen-bond acceptors (Lipinski definition) is 5. The monoisotopic (exact) mass is 505 g/mol. The molecule has 0 amide bonds. The second-order valence-corrected chi connectivity index (χ2v) is 9.17. The molecule has 2 heterocycles. The van der Waals surface area contributed by atoms with E-state index in [9.17, 15) is 17.6 Å². The molecule has 188 valence electrons. The Bertz CT molecular complexity index is 1520. The summed E-state index contributed by atoms with van der Waals surface area (Å²) in [7, 11) is 0. The molecule has 3 aromatic carbocycles. The van der Waals surface area contributed by atoms with E-state index in [1.165, 1.54) is 31.2 Å². The van der Waals surface area contributed by atoms with Crippen molar-refractivity contribution < 1.29 is 17.6 Å². The molecule has 2 N–H and O–H groups in total. The fraction of sp³-hybridized carbons (Fsp3) is 0.250. The van der Waals surface area contributed by atoms with Gasteiger partial charge in [0.05, 0.1) is 22.3 Å². The van der Waals surface area contributed by atoms with Crippen LogP contribution >= 0.6 is 0 Å². The highest BCUT2D eigenvalue weighted by molar-refractivity contribution is 5.96. The number of halogens is 4. The van der Waals surface area contributed by atoms with Crippen molar-refractivity contribution in [3.8, 4) is 28.5 Å². The van der Waals surface area contributed by atoms with Gasteiger partial charge in [0.15, 0.2) is 0 Å². The molecule has 1 aliphatic heterocycles. The Morgan fingerprint density at radius 2 is 1.89 bits per heavy atom. The second kappa shape index (κ2) is 9.79. The van der Waals surface area contributed by atoms with Crippen LogP contribution in [0.4, 0.5) is 23.5 Å². The first kappa shape index (κ1) is 24.7. The van der Waals surface area contributed by atoms with Crippen molar-refractivity contribution in [3.05, 3.63) is 77.1 Å². The predicted molar refractivity (Wildman–Crippen MR) is 134 cm³/mol. The number of nitriles is 1. The fourth-order valence-corrected chi connectivity index (χ4v) is 4.76. The van der Waals surface area contributed by atoms with Gasteiger partial charge < -0.3 is 10.6 Å². The van der Waals surface area contributed by atoms with Crippen LogP contribution in [0.1, 0.15) is 23.1 Å². The van der Waals surface area contributed by atoms with Gasteiger partial charge in [-0.25, -0.2) is 14.4 Å². The SMILES string of the molecule is Cc1cccc(-c2ccc3nc(NC[C@H]4CCNC4)nc(-c4ccc(C#N)c(F)c4)c3c2)c1C(F)(F)F. The van der Waals surface area contributed by atoms with Crippen molar-refractivity contribution in [3.63, 3.8) is 0 Å². The molecule has 1 saturated heterocycles. The lowest BCUT2D eigenvalue weighted by atomic mass is 9.94. The zero-order chi connectivity index (χ0) is 26.2. The van der Waals surface area contributed by atoms with Crippen molar-refractivity contribution in [1.29, 1.82) is 5.26 Å². The number of aryl methyl sites for hydroxylation is 1. The molecule has 1 aliphatic rings. The number of nitrogens with one attached hydrogen (secondary N) is 2. The quantitative estimate of drug-likeness (QED) is 0.311.